The van der Waals surface area contributed by atoms with E-state index < -0.39 is 0 Å². The zero-order valence-corrected chi connectivity index (χ0v) is 18.9. The van der Waals surface area contributed by atoms with Crippen molar-refractivity contribution in [3.05, 3.63) is 111 Å². The van der Waals surface area contributed by atoms with E-state index >= 15 is 0 Å². The highest BCUT2D eigenvalue weighted by atomic mass is 32.2. The number of nitrogens with one attached hydrogen (secondary N) is 1. The molecule has 0 unspecified atom stereocenters. The van der Waals surface area contributed by atoms with Crippen molar-refractivity contribution in [3.63, 3.8) is 0 Å². The highest BCUT2D eigenvalue weighted by Gasteiger charge is 2.20. The molecule has 3 nitrogen and oxygen atoms in total. The average molecular weight is 459 g/mol. The standard InChI is InChI=1S/C26H19FN2OS2/c1-16-11-20(31-15-16)14-28-26(30)18-9-10-24-22(13-18)29-25(17-5-4-6-19(27)12-17)21-7-2-3-8-23(21)32-24/h2-13,15H,14H2,1H3,(H,28,30). The third kappa shape index (κ3) is 4.24. The molecule has 1 N–H and O–H groups in total. The van der Waals surface area contributed by atoms with Crippen LogP contribution in [0.25, 0.3) is 0 Å². The highest BCUT2D eigenvalue weighted by Crippen LogP contribution is 2.41. The molecule has 158 valence electrons. The largest absolute Gasteiger partial charge is 0.347 e. The molecule has 1 aliphatic heterocycles. The first-order valence-electron chi connectivity index (χ1n) is 10.1. The summed E-state index contributed by atoms with van der Waals surface area (Å²) in [5.74, 6) is -0.454. The van der Waals surface area contributed by atoms with Gasteiger partial charge in [-0.3, -0.25) is 4.79 Å². The maximum atomic E-state index is 14.0. The number of halogens is 1. The molecule has 32 heavy (non-hydrogen) atoms. The molecule has 0 saturated carbocycles. The number of benzene rings is 3. The number of hydrogen-bond donors (Lipinski definition) is 1. The molecule has 3 aromatic carbocycles. The van der Waals surface area contributed by atoms with E-state index in [2.05, 4.69) is 16.8 Å². The second-order valence-corrected chi connectivity index (χ2v) is 9.60. The second-order valence-electron chi connectivity index (χ2n) is 7.52. The Morgan fingerprint density at radius 1 is 1.00 bits per heavy atom. The molecule has 0 bridgehead atoms. The third-order valence-corrected chi connectivity index (χ3v) is 7.32. The zero-order valence-electron chi connectivity index (χ0n) is 17.3. The van der Waals surface area contributed by atoms with Gasteiger partial charge in [-0.05, 0) is 60.3 Å². The van der Waals surface area contributed by atoms with Gasteiger partial charge in [0.2, 0.25) is 0 Å². The SMILES string of the molecule is Cc1csc(CNC(=O)c2ccc3c(c2)N=C(c2cccc(F)c2)c2ccccc2S3)c1. The van der Waals surface area contributed by atoms with Crippen LogP contribution in [0.5, 0.6) is 0 Å². The van der Waals surface area contributed by atoms with Gasteiger partial charge in [0.05, 0.1) is 17.9 Å². The van der Waals surface area contributed by atoms with Crippen LogP contribution in [0.4, 0.5) is 10.1 Å². The lowest BCUT2D eigenvalue weighted by Gasteiger charge is -2.09. The van der Waals surface area contributed by atoms with E-state index in [1.165, 1.54) is 17.7 Å². The van der Waals surface area contributed by atoms with Crippen LogP contribution >= 0.6 is 23.1 Å². The summed E-state index contributed by atoms with van der Waals surface area (Å²) in [6.45, 7) is 2.53. The number of carbonyl (C=O) groups is 1. The molecule has 2 heterocycles. The summed E-state index contributed by atoms with van der Waals surface area (Å²) >= 11 is 3.23. The van der Waals surface area contributed by atoms with Gasteiger partial charge in [0.1, 0.15) is 5.82 Å². The molecule has 0 spiro atoms. The van der Waals surface area contributed by atoms with Crippen molar-refractivity contribution in [1.82, 2.24) is 5.32 Å². The first-order chi connectivity index (χ1) is 15.6. The van der Waals surface area contributed by atoms with Crippen LogP contribution < -0.4 is 5.32 Å². The number of nitrogens with zero attached hydrogens (tertiary/aromatic N) is 1. The summed E-state index contributed by atoms with van der Waals surface area (Å²) in [7, 11) is 0. The minimum atomic E-state index is -0.309. The lowest BCUT2D eigenvalue weighted by molar-refractivity contribution is 0.0951. The van der Waals surface area contributed by atoms with Crippen molar-refractivity contribution < 1.29 is 9.18 Å². The number of rotatable bonds is 4. The molecular formula is C26H19FN2OS2. The fourth-order valence-electron chi connectivity index (χ4n) is 3.59. The molecule has 1 amide bonds. The Bertz CT molecular complexity index is 1360. The Hall–Kier alpha value is -3.22. The second kappa shape index (κ2) is 8.73. The van der Waals surface area contributed by atoms with Crippen molar-refractivity contribution >= 4 is 40.4 Å². The summed E-state index contributed by atoms with van der Waals surface area (Å²) < 4.78 is 14.0. The lowest BCUT2D eigenvalue weighted by Crippen LogP contribution is -2.22. The molecule has 1 aromatic heterocycles. The number of amides is 1. The zero-order chi connectivity index (χ0) is 22.1. The van der Waals surface area contributed by atoms with E-state index in [-0.39, 0.29) is 11.7 Å². The topological polar surface area (TPSA) is 41.5 Å². The Labute approximate surface area is 194 Å². The molecule has 0 radical (unpaired) electrons. The van der Waals surface area contributed by atoms with Gasteiger partial charge in [-0.25, -0.2) is 9.38 Å². The molecule has 6 heteroatoms. The van der Waals surface area contributed by atoms with Crippen molar-refractivity contribution in [2.75, 3.05) is 0 Å². The van der Waals surface area contributed by atoms with E-state index in [0.717, 1.165) is 20.2 Å². The number of thiophene rings is 1. The first-order valence-corrected chi connectivity index (χ1v) is 11.8. The molecule has 5 rings (SSSR count). The van der Waals surface area contributed by atoms with Gasteiger partial charge in [-0.2, -0.15) is 0 Å². The monoisotopic (exact) mass is 458 g/mol. The van der Waals surface area contributed by atoms with Crippen LogP contribution in [-0.2, 0) is 6.54 Å². The Kier molecular flexibility index (Phi) is 5.64. The Morgan fingerprint density at radius 2 is 1.88 bits per heavy atom. The Morgan fingerprint density at radius 3 is 2.69 bits per heavy atom. The van der Waals surface area contributed by atoms with Crippen molar-refractivity contribution in [2.24, 2.45) is 4.99 Å². The van der Waals surface area contributed by atoms with Gasteiger partial charge in [0, 0.05) is 31.4 Å². The van der Waals surface area contributed by atoms with E-state index in [0.29, 0.717) is 29.1 Å². The van der Waals surface area contributed by atoms with Crippen LogP contribution in [0.3, 0.4) is 0 Å². The van der Waals surface area contributed by atoms with Crippen LogP contribution in [0.1, 0.15) is 31.9 Å². The molecular weight excluding hydrogens is 439 g/mol. The maximum absolute atomic E-state index is 14.0. The fraction of sp³-hybridized carbons (Fsp3) is 0.0769. The molecule has 0 aliphatic carbocycles. The number of fused-ring (bicyclic) bond motifs is 2. The summed E-state index contributed by atoms with van der Waals surface area (Å²) in [6.07, 6.45) is 0. The van der Waals surface area contributed by atoms with Crippen LogP contribution in [0.2, 0.25) is 0 Å². The summed E-state index contributed by atoms with van der Waals surface area (Å²) in [5.41, 5.74) is 4.78. The van der Waals surface area contributed by atoms with E-state index in [9.17, 15) is 9.18 Å². The number of aliphatic imine (C=N–C) groups is 1. The average Bonchev–Trinajstić information content (AvgIpc) is 3.14. The Balaban J connectivity index is 1.52. The quantitative estimate of drug-likeness (QED) is 0.323. The van der Waals surface area contributed by atoms with Gasteiger partial charge in [-0.15, -0.1) is 11.3 Å². The normalized spacial score (nSPS) is 12.4. The van der Waals surface area contributed by atoms with Crippen LogP contribution in [0.15, 0.2) is 93.0 Å². The van der Waals surface area contributed by atoms with E-state index in [4.69, 9.17) is 4.99 Å². The third-order valence-electron chi connectivity index (χ3n) is 5.12. The number of carbonyl (C=O) groups excluding carboxylic acids is 1. The van der Waals surface area contributed by atoms with Crippen LogP contribution in [0, 0.1) is 12.7 Å². The first kappa shape index (κ1) is 20.7. The van der Waals surface area contributed by atoms with Gasteiger partial charge >= 0.3 is 0 Å². The van der Waals surface area contributed by atoms with Gasteiger partial charge in [0.25, 0.3) is 5.91 Å². The minimum Gasteiger partial charge on any atom is -0.347 e. The van der Waals surface area contributed by atoms with Gasteiger partial charge in [0.15, 0.2) is 0 Å². The molecule has 0 fully saturated rings. The molecule has 0 atom stereocenters. The molecule has 1 aliphatic rings. The minimum absolute atomic E-state index is 0.145. The summed E-state index contributed by atoms with van der Waals surface area (Å²) in [5, 5.41) is 5.06. The van der Waals surface area contributed by atoms with Gasteiger partial charge < -0.3 is 5.32 Å². The maximum Gasteiger partial charge on any atom is 0.251 e. The van der Waals surface area contributed by atoms with E-state index in [1.54, 1.807) is 29.2 Å². The van der Waals surface area contributed by atoms with Crippen molar-refractivity contribution in [3.8, 4) is 0 Å². The number of hydrogen-bond acceptors (Lipinski definition) is 4. The number of aryl methyl sites for hydroxylation is 1. The summed E-state index contributed by atoms with van der Waals surface area (Å²) in [4.78, 5) is 20.8. The van der Waals surface area contributed by atoms with Crippen molar-refractivity contribution in [2.45, 2.75) is 23.3 Å². The lowest BCUT2D eigenvalue weighted by atomic mass is 10.0. The highest BCUT2D eigenvalue weighted by molar-refractivity contribution is 7.99. The molecule has 4 aromatic rings. The van der Waals surface area contributed by atoms with E-state index in [1.807, 2.05) is 55.5 Å². The predicted octanol–water partition coefficient (Wildman–Crippen LogP) is 6.76. The molecule has 0 saturated heterocycles. The summed E-state index contributed by atoms with van der Waals surface area (Å²) in [6, 6.07) is 22.1. The predicted molar refractivity (Wildman–Crippen MR) is 129 cm³/mol. The van der Waals surface area contributed by atoms with Crippen molar-refractivity contribution in [1.29, 1.82) is 0 Å². The van der Waals surface area contributed by atoms with Gasteiger partial charge in [-0.1, -0.05) is 42.1 Å². The fourth-order valence-corrected chi connectivity index (χ4v) is 5.41. The van der Waals surface area contributed by atoms with Crippen LogP contribution in [-0.4, -0.2) is 11.6 Å². The smallest absolute Gasteiger partial charge is 0.251 e.